The average Bonchev–Trinajstić information content (AvgIpc) is 3.12. The van der Waals surface area contributed by atoms with Gasteiger partial charge in [-0.15, -0.1) is 0 Å². The topological polar surface area (TPSA) is 46.9 Å². The Bertz CT molecular complexity index is 642. The standard InChI is InChI=1S/C15H13N3O/c19-15(16-12-4-2-1-3-5-12)18-9-13-10-6-7-11(8-10)14(13)17-18/h1-7,9-11H,8H2,(H,16,19). The van der Waals surface area contributed by atoms with Crippen LogP contribution in [0.4, 0.5) is 10.5 Å². The number of fused-ring (bicyclic) bond motifs is 5. The van der Waals surface area contributed by atoms with Gasteiger partial charge in [0, 0.05) is 29.3 Å². The molecule has 0 spiro atoms. The molecule has 0 aliphatic heterocycles. The molecule has 4 rings (SSSR count). The maximum atomic E-state index is 12.1. The molecule has 4 heteroatoms. The van der Waals surface area contributed by atoms with Crippen LogP contribution < -0.4 is 5.32 Å². The maximum absolute atomic E-state index is 12.1. The number of carbonyl (C=O) groups excluding carboxylic acids is 1. The van der Waals surface area contributed by atoms with Gasteiger partial charge in [0.15, 0.2) is 0 Å². The van der Waals surface area contributed by atoms with E-state index in [0.29, 0.717) is 11.8 Å². The molecule has 0 saturated heterocycles. The summed E-state index contributed by atoms with van der Waals surface area (Å²) in [5.74, 6) is 0.865. The highest BCUT2D eigenvalue weighted by Gasteiger charge is 2.36. The van der Waals surface area contributed by atoms with Crippen LogP contribution in [-0.2, 0) is 0 Å². The number of benzene rings is 1. The number of allylic oxidation sites excluding steroid dienone is 2. The minimum absolute atomic E-state index is 0.208. The third kappa shape index (κ3) is 1.60. The first-order valence-electron chi connectivity index (χ1n) is 6.45. The Kier molecular flexibility index (Phi) is 2.12. The first kappa shape index (κ1) is 10.6. The molecule has 0 saturated carbocycles. The van der Waals surface area contributed by atoms with Crippen molar-refractivity contribution < 1.29 is 4.79 Å². The van der Waals surface area contributed by atoms with E-state index >= 15 is 0 Å². The molecule has 0 radical (unpaired) electrons. The molecule has 2 aromatic rings. The molecule has 94 valence electrons. The molecule has 0 fully saturated rings. The van der Waals surface area contributed by atoms with E-state index in [1.165, 1.54) is 10.2 Å². The number of hydrogen-bond acceptors (Lipinski definition) is 2. The first-order valence-corrected chi connectivity index (χ1v) is 6.45. The Morgan fingerprint density at radius 2 is 2.00 bits per heavy atom. The van der Waals surface area contributed by atoms with E-state index < -0.39 is 0 Å². The van der Waals surface area contributed by atoms with Crippen LogP contribution in [-0.4, -0.2) is 15.8 Å². The zero-order chi connectivity index (χ0) is 12.8. The van der Waals surface area contributed by atoms with Crippen LogP contribution >= 0.6 is 0 Å². The molecule has 19 heavy (non-hydrogen) atoms. The van der Waals surface area contributed by atoms with E-state index in [0.717, 1.165) is 17.8 Å². The van der Waals surface area contributed by atoms with E-state index in [1.54, 1.807) is 0 Å². The molecule has 1 heterocycles. The SMILES string of the molecule is O=C(Nc1ccccc1)n1cc2c(n1)C1C=CC2C1. The summed E-state index contributed by atoms with van der Waals surface area (Å²) in [6.45, 7) is 0. The van der Waals surface area contributed by atoms with Gasteiger partial charge in [-0.25, -0.2) is 4.79 Å². The number of hydrogen-bond donors (Lipinski definition) is 1. The zero-order valence-electron chi connectivity index (χ0n) is 10.3. The van der Waals surface area contributed by atoms with E-state index in [4.69, 9.17) is 0 Å². The molecule has 1 amide bonds. The lowest BCUT2D eigenvalue weighted by Gasteiger charge is -2.05. The lowest BCUT2D eigenvalue weighted by molar-refractivity contribution is 0.250. The van der Waals surface area contributed by atoms with Crippen molar-refractivity contribution in [3.63, 3.8) is 0 Å². The van der Waals surface area contributed by atoms with Gasteiger partial charge in [-0.1, -0.05) is 30.4 Å². The Morgan fingerprint density at radius 1 is 1.21 bits per heavy atom. The van der Waals surface area contributed by atoms with Crippen molar-refractivity contribution in [1.29, 1.82) is 0 Å². The summed E-state index contributed by atoms with van der Waals surface area (Å²) in [7, 11) is 0. The van der Waals surface area contributed by atoms with Crippen molar-refractivity contribution >= 4 is 11.7 Å². The normalized spacial score (nSPS) is 22.5. The molecular weight excluding hydrogens is 238 g/mol. The number of amides is 1. The summed E-state index contributed by atoms with van der Waals surface area (Å²) in [4.78, 5) is 12.1. The van der Waals surface area contributed by atoms with Crippen LogP contribution in [0.3, 0.4) is 0 Å². The van der Waals surface area contributed by atoms with Crippen LogP contribution in [0.1, 0.15) is 29.5 Å². The van der Waals surface area contributed by atoms with Crippen molar-refractivity contribution in [2.45, 2.75) is 18.3 Å². The van der Waals surface area contributed by atoms with Crippen molar-refractivity contribution in [3.8, 4) is 0 Å². The highest BCUT2D eigenvalue weighted by Crippen LogP contribution is 2.47. The van der Waals surface area contributed by atoms with Gasteiger partial charge < -0.3 is 5.32 Å². The highest BCUT2D eigenvalue weighted by molar-refractivity contribution is 5.90. The molecule has 4 nitrogen and oxygen atoms in total. The molecule has 2 bridgehead atoms. The molecule has 2 atom stereocenters. The van der Waals surface area contributed by atoms with Crippen molar-refractivity contribution in [2.24, 2.45) is 0 Å². The molecular formula is C15H13N3O. The minimum Gasteiger partial charge on any atom is -0.306 e. The van der Waals surface area contributed by atoms with Gasteiger partial charge in [-0.05, 0) is 18.6 Å². The monoisotopic (exact) mass is 251 g/mol. The Labute approximate surface area is 110 Å². The van der Waals surface area contributed by atoms with Gasteiger partial charge in [-0.3, -0.25) is 0 Å². The largest absolute Gasteiger partial charge is 0.346 e. The number of aromatic nitrogens is 2. The van der Waals surface area contributed by atoms with E-state index in [2.05, 4.69) is 22.6 Å². The fourth-order valence-electron chi connectivity index (χ4n) is 2.91. The number of carbonyl (C=O) groups is 1. The van der Waals surface area contributed by atoms with Crippen LogP contribution in [0, 0.1) is 0 Å². The second-order valence-electron chi connectivity index (χ2n) is 5.04. The quantitative estimate of drug-likeness (QED) is 0.792. The first-order chi connectivity index (χ1) is 9.31. The number of para-hydroxylation sites is 1. The third-order valence-electron chi connectivity index (χ3n) is 3.84. The van der Waals surface area contributed by atoms with Gasteiger partial charge in [-0.2, -0.15) is 9.78 Å². The third-order valence-corrected chi connectivity index (χ3v) is 3.84. The molecule has 2 unspecified atom stereocenters. The Morgan fingerprint density at radius 3 is 2.79 bits per heavy atom. The van der Waals surface area contributed by atoms with Crippen molar-refractivity contribution in [3.05, 3.63) is 59.9 Å². The molecule has 1 aromatic carbocycles. The smallest absolute Gasteiger partial charge is 0.306 e. The number of nitrogens with one attached hydrogen (secondary N) is 1. The Balaban J connectivity index is 1.59. The van der Waals surface area contributed by atoms with Gasteiger partial charge in [0.1, 0.15) is 0 Å². The summed E-state index contributed by atoms with van der Waals surface area (Å²) >= 11 is 0. The van der Waals surface area contributed by atoms with E-state index in [9.17, 15) is 4.79 Å². The number of rotatable bonds is 1. The number of anilines is 1. The predicted molar refractivity (Wildman–Crippen MR) is 72.3 cm³/mol. The van der Waals surface area contributed by atoms with Crippen LogP contribution in [0.15, 0.2) is 48.7 Å². The molecule has 1 N–H and O–H groups in total. The summed E-state index contributed by atoms with van der Waals surface area (Å²) in [6, 6.07) is 9.22. The summed E-state index contributed by atoms with van der Waals surface area (Å²) < 4.78 is 1.42. The maximum Gasteiger partial charge on any atom is 0.346 e. The molecule has 1 aromatic heterocycles. The minimum atomic E-state index is -0.208. The van der Waals surface area contributed by atoms with Crippen molar-refractivity contribution in [2.75, 3.05) is 5.32 Å². The van der Waals surface area contributed by atoms with Gasteiger partial charge >= 0.3 is 6.03 Å². The Hall–Kier alpha value is -2.36. The van der Waals surface area contributed by atoms with E-state index in [1.807, 2.05) is 36.5 Å². The van der Waals surface area contributed by atoms with Crippen LogP contribution in [0.2, 0.25) is 0 Å². The summed E-state index contributed by atoms with van der Waals surface area (Å²) in [6.07, 6.45) is 7.40. The zero-order valence-corrected chi connectivity index (χ0v) is 10.3. The average molecular weight is 251 g/mol. The summed E-state index contributed by atoms with van der Waals surface area (Å²) in [5, 5.41) is 7.26. The molecule has 2 aliphatic rings. The van der Waals surface area contributed by atoms with Crippen LogP contribution in [0.5, 0.6) is 0 Å². The van der Waals surface area contributed by atoms with Gasteiger partial charge in [0.25, 0.3) is 0 Å². The summed E-state index contributed by atoms with van der Waals surface area (Å²) in [5.41, 5.74) is 3.05. The second-order valence-corrected chi connectivity index (χ2v) is 5.04. The van der Waals surface area contributed by atoms with Gasteiger partial charge in [0.2, 0.25) is 0 Å². The fourth-order valence-corrected chi connectivity index (χ4v) is 2.91. The highest BCUT2D eigenvalue weighted by atomic mass is 16.2. The fraction of sp³-hybridized carbons (Fsp3) is 0.200. The lowest BCUT2D eigenvalue weighted by atomic mass is 10.1. The molecule has 2 aliphatic carbocycles. The van der Waals surface area contributed by atoms with E-state index in [-0.39, 0.29) is 6.03 Å². The van der Waals surface area contributed by atoms with Crippen molar-refractivity contribution in [1.82, 2.24) is 9.78 Å². The second kappa shape index (κ2) is 3.82. The predicted octanol–water partition coefficient (Wildman–Crippen LogP) is 3.10. The lowest BCUT2D eigenvalue weighted by Crippen LogP contribution is -2.20. The number of nitrogens with zero attached hydrogens (tertiary/aromatic N) is 2. The van der Waals surface area contributed by atoms with Crippen LogP contribution in [0.25, 0.3) is 0 Å². The van der Waals surface area contributed by atoms with Gasteiger partial charge in [0.05, 0.1) is 5.69 Å².